The van der Waals surface area contributed by atoms with Gasteiger partial charge in [-0.25, -0.2) is 0 Å². The van der Waals surface area contributed by atoms with Crippen LogP contribution in [0.3, 0.4) is 0 Å². The lowest BCUT2D eigenvalue weighted by molar-refractivity contribution is -0.104. The first-order chi connectivity index (χ1) is 3.27. The average Bonchev–Trinajstić information content (AvgIpc) is 1.61. The minimum absolute atomic E-state index is 0.309. The number of hydrogen-bond donors (Lipinski definition) is 0. The molecule has 39 valence electrons. The molecule has 0 spiro atoms. The standard InChI is InChI=1S/C5H9OSi/c1-7(2)5-3-4-6/h3-5H,1-2H3/b5-3-. The van der Waals surface area contributed by atoms with Crippen LogP contribution in [0.15, 0.2) is 11.8 Å². The molecule has 0 atom stereocenters. The van der Waals surface area contributed by atoms with E-state index < -0.39 is 0 Å². The Morgan fingerprint density at radius 2 is 2.00 bits per heavy atom. The minimum Gasteiger partial charge on any atom is -0.299 e. The molecule has 7 heavy (non-hydrogen) atoms. The van der Waals surface area contributed by atoms with E-state index in [1.54, 1.807) is 6.08 Å². The average molecular weight is 113 g/mol. The van der Waals surface area contributed by atoms with Crippen molar-refractivity contribution >= 4 is 15.1 Å². The summed E-state index contributed by atoms with van der Waals surface area (Å²) < 4.78 is 0. The Morgan fingerprint density at radius 1 is 1.43 bits per heavy atom. The molecule has 0 bridgehead atoms. The molecule has 0 aliphatic heterocycles. The van der Waals surface area contributed by atoms with Crippen molar-refractivity contribution in [1.29, 1.82) is 0 Å². The SMILES string of the molecule is C[Si](C)/C=C\C=O. The maximum atomic E-state index is 9.64. The number of rotatable bonds is 2. The Balaban J connectivity index is 3.25. The lowest BCUT2D eigenvalue weighted by Gasteiger charge is -1.83. The smallest absolute Gasteiger partial charge is 0.142 e. The molecule has 2 heteroatoms. The summed E-state index contributed by atoms with van der Waals surface area (Å²) >= 11 is 0. The van der Waals surface area contributed by atoms with Gasteiger partial charge in [-0.1, -0.05) is 18.8 Å². The van der Waals surface area contributed by atoms with Gasteiger partial charge in [0.1, 0.15) is 6.29 Å². The van der Waals surface area contributed by atoms with E-state index in [-0.39, 0.29) is 8.80 Å². The zero-order valence-corrected chi connectivity index (χ0v) is 5.64. The predicted molar refractivity (Wildman–Crippen MR) is 32.7 cm³/mol. The highest BCUT2D eigenvalue weighted by Gasteiger charge is 1.82. The Bertz CT molecular complexity index is 76.1. The molecule has 1 nitrogen and oxygen atoms in total. The van der Waals surface area contributed by atoms with Crippen LogP contribution in [-0.2, 0) is 4.79 Å². The number of carbonyl (C=O) groups excluding carboxylic acids is 1. The first kappa shape index (κ1) is 6.63. The Labute approximate surface area is 45.6 Å². The lowest BCUT2D eigenvalue weighted by Crippen LogP contribution is -1.91. The van der Waals surface area contributed by atoms with Crippen molar-refractivity contribution < 1.29 is 4.79 Å². The summed E-state index contributed by atoms with van der Waals surface area (Å²) in [6.45, 7) is 4.26. The number of aldehydes is 1. The third-order valence-electron chi connectivity index (χ3n) is 0.508. The molecule has 0 amide bonds. The van der Waals surface area contributed by atoms with Gasteiger partial charge in [0.05, 0.1) is 8.80 Å². The van der Waals surface area contributed by atoms with Crippen LogP contribution in [0.5, 0.6) is 0 Å². The first-order valence-electron chi connectivity index (χ1n) is 2.19. The van der Waals surface area contributed by atoms with Crippen LogP contribution in [0.2, 0.25) is 13.1 Å². The van der Waals surface area contributed by atoms with E-state index in [0.717, 1.165) is 6.29 Å². The zero-order chi connectivity index (χ0) is 5.70. The molecule has 0 unspecified atom stereocenters. The van der Waals surface area contributed by atoms with Gasteiger partial charge in [-0.15, -0.1) is 0 Å². The van der Waals surface area contributed by atoms with E-state index in [1.165, 1.54) is 0 Å². The van der Waals surface area contributed by atoms with Gasteiger partial charge in [-0.2, -0.15) is 0 Å². The fourth-order valence-corrected chi connectivity index (χ4v) is 0.695. The van der Waals surface area contributed by atoms with E-state index >= 15 is 0 Å². The van der Waals surface area contributed by atoms with Gasteiger partial charge in [-0.05, 0) is 6.08 Å². The predicted octanol–water partition coefficient (Wildman–Crippen LogP) is 1.04. The van der Waals surface area contributed by atoms with Crippen molar-refractivity contribution in [2.75, 3.05) is 0 Å². The van der Waals surface area contributed by atoms with Gasteiger partial charge >= 0.3 is 0 Å². The van der Waals surface area contributed by atoms with Crippen molar-refractivity contribution in [1.82, 2.24) is 0 Å². The van der Waals surface area contributed by atoms with Gasteiger partial charge < -0.3 is 0 Å². The van der Waals surface area contributed by atoms with Gasteiger partial charge in [0.15, 0.2) is 0 Å². The number of hydrogen-bond acceptors (Lipinski definition) is 1. The minimum atomic E-state index is -0.309. The Hall–Kier alpha value is -0.373. The van der Waals surface area contributed by atoms with Gasteiger partial charge in [0.25, 0.3) is 0 Å². The van der Waals surface area contributed by atoms with Crippen LogP contribution < -0.4 is 0 Å². The topological polar surface area (TPSA) is 17.1 Å². The summed E-state index contributed by atoms with van der Waals surface area (Å²) in [7, 11) is -0.309. The molecule has 0 aliphatic carbocycles. The number of allylic oxidation sites excluding steroid dienone is 1. The van der Waals surface area contributed by atoms with Crippen molar-refractivity contribution in [2.45, 2.75) is 13.1 Å². The van der Waals surface area contributed by atoms with Crippen LogP contribution in [0, 0.1) is 0 Å². The molecule has 0 aromatic heterocycles. The third-order valence-corrected chi connectivity index (χ3v) is 1.37. The summed E-state index contributed by atoms with van der Waals surface area (Å²) in [5.41, 5.74) is 1.96. The van der Waals surface area contributed by atoms with Crippen LogP contribution in [0.1, 0.15) is 0 Å². The van der Waals surface area contributed by atoms with Crippen LogP contribution >= 0.6 is 0 Å². The highest BCUT2D eigenvalue weighted by molar-refractivity contribution is 6.61. The van der Waals surface area contributed by atoms with Gasteiger partial charge in [-0.3, -0.25) is 4.79 Å². The van der Waals surface area contributed by atoms with Crippen molar-refractivity contribution in [3.63, 3.8) is 0 Å². The van der Waals surface area contributed by atoms with Crippen LogP contribution in [0.4, 0.5) is 0 Å². The van der Waals surface area contributed by atoms with E-state index in [1.807, 2.05) is 5.70 Å². The Morgan fingerprint density at radius 3 is 2.14 bits per heavy atom. The molecular weight excluding hydrogens is 104 g/mol. The van der Waals surface area contributed by atoms with Crippen LogP contribution in [0.25, 0.3) is 0 Å². The van der Waals surface area contributed by atoms with Crippen molar-refractivity contribution in [3.05, 3.63) is 11.8 Å². The maximum absolute atomic E-state index is 9.64. The molecular formula is C5H9OSi. The summed E-state index contributed by atoms with van der Waals surface area (Å²) in [5, 5.41) is 0. The molecule has 0 rings (SSSR count). The van der Waals surface area contributed by atoms with E-state index in [4.69, 9.17) is 0 Å². The molecule has 0 fully saturated rings. The van der Waals surface area contributed by atoms with E-state index in [0.29, 0.717) is 0 Å². The molecule has 0 aliphatic rings. The molecule has 0 aromatic rings. The fraction of sp³-hybridized carbons (Fsp3) is 0.400. The second-order valence-electron chi connectivity index (χ2n) is 1.57. The van der Waals surface area contributed by atoms with Gasteiger partial charge in [0, 0.05) is 0 Å². The maximum Gasteiger partial charge on any atom is 0.142 e. The zero-order valence-electron chi connectivity index (χ0n) is 4.64. The molecule has 0 saturated carbocycles. The molecule has 0 saturated heterocycles. The van der Waals surface area contributed by atoms with E-state index in [2.05, 4.69) is 13.1 Å². The molecule has 1 radical (unpaired) electrons. The molecule has 0 N–H and O–H groups in total. The van der Waals surface area contributed by atoms with E-state index in [9.17, 15) is 4.79 Å². The monoisotopic (exact) mass is 113 g/mol. The third kappa shape index (κ3) is 5.63. The number of carbonyl (C=O) groups is 1. The normalized spacial score (nSPS) is 10.7. The second kappa shape index (κ2) is 3.80. The Kier molecular flexibility index (Phi) is 3.60. The second-order valence-corrected chi connectivity index (χ2v) is 4.06. The molecule has 0 aromatic carbocycles. The summed E-state index contributed by atoms with van der Waals surface area (Å²) in [6.07, 6.45) is 2.38. The largest absolute Gasteiger partial charge is 0.299 e. The van der Waals surface area contributed by atoms with Crippen molar-refractivity contribution in [2.24, 2.45) is 0 Å². The summed E-state index contributed by atoms with van der Waals surface area (Å²) in [5.74, 6) is 0. The van der Waals surface area contributed by atoms with Gasteiger partial charge in [0.2, 0.25) is 0 Å². The fourth-order valence-electron chi connectivity index (χ4n) is 0.232. The van der Waals surface area contributed by atoms with Crippen molar-refractivity contribution in [3.8, 4) is 0 Å². The highest BCUT2D eigenvalue weighted by atomic mass is 28.3. The van der Waals surface area contributed by atoms with Crippen LogP contribution in [-0.4, -0.2) is 15.1 Å². The highest BCUT2D eigenvalue weighted by Crippen LogP contribution is 1.78. The first-order valence-corrected chi connectivity index (χ1v) is 4.77. The lowest BCUT2D eigenvalue weighted by atomic mass is 10.7. The molecule has 0 heterocycles. The summed E-state index contributed by atoms with van der Waals surface area (Å²) in [6, 6.07) is 0. The quantitative estimate of drug-likeness (QED) is 0.297. The summed E-state index contributed by atoms with van der Waals surface area (Å²) in [4.78, 5) is 9.64.